The molecule has 1 atom stereocenters. The van der Waals surface area contributed by atoms with Crippen LogP contribution in [0, 0.1) is 0 Å². The number of imide groups is 1. The van der Waals surface area contributed by atoms with Crippen LogP contribution in [-0.2, 0) is 14.4 Å². The summed E-state index contributed by atoms with van der Waals surface area (Å²) in [5.41, 5.74) is 0.826. The molecule has 1 aromatic heterocycles. The standard InChI is InChI=1S/C21H21N3O4S2/c1-14(25)23-17(15-6-3-2-4-7-15)13-19(26)22-9-10-24-20(27)18(30-21(24)28)12-16-8-5-11-29-16/h2-8,11-12,17H,9-10,13H2,1H3,(H,22,26)(H,23,25)/b18-12-. The molecule has 1 fully saturated rings. The molecule has 2 heterocycles. The minimum Gasteiger partial charge on any atom is -0.354 e. The number of nitrogens with zero attached hydrogens (tertiary/aromatic N) is 1. The van der Waals surface area contributed by atoms with Gasteiger partial charge in [-0.25, -0.2) is 0 Å². The monoisotopic (exact) mass is 443 g/mol. The minimum absolute atomic E-state index is 0.0593. The quantitative estimate of drug-likeness (QED) is 0.611. The van der Waals surface area contributed by atoms with Gasteiger partial charge in [0, 0.05) is 24.9 Å². The van der Waals surface area contributed by atoms with E-state index in [2.05, 4.69) is 10.6 Å². The highest BCUT2D eigenvalue weighted by atomic mass is 32.2. The first kappa shape index (κ1) is 21.8. The Kier molecular flexibility index (Phi) is 7.42. The van der Waals surface area contributed by atoms with Crippen LogP contribution >= 0.6 is 23.1 Å². The number of hydrogen-bond donors (Lipinski definition) is 2. The van der Waals surface area contributed by atoms with E-state index < -0.39 is 6.04 Å². The fourth-order valence-corrected chi connectivity index (χ4v) is 4.53. The van der Waals surface area contributed by atoms with Crippen LogP contribution in [0.2, 0.25) is 0 Å². The van der Waals surface area contributed by atoms with E-state index >= 15 is 0 Å². The van der Waals surface area contributed by atoms with Crippen molar-refractivity contribution >= 4 is 52.1 Å². The van der Waals surface area contributed by atoms with E-state index in [1.807, 2.05) is 47.8 Å². The highest BCUT2D eigenvalue weighted by molar-refractivity contribution is 8.18. The zero-order chi connectivity index (χ0) is 21.5. The number of rotatable bonds is 8. The molecular formula is C21H21N3O4S2. The molecule has 1 aliphatic heterocycles. The first-order valence-corrected chi connectivity index (χ1v) is 11.0. The van der Waals surface area contributed by atoms with Crippen LogP contribution in [0.3, 0.4) is 0 Å². The second-order valence-electron chi connectivity index (χ2n) is 6.57. The van der Waals surface area contributed by atoms with Crippen molar-refractivity contribution in [3.63, 3.8) is 0 Å². The van der Waals surface area contributed by atoms with Gasteiger partial charge in [-0.2, -0.15) is 0 Å². The van der Waals surface area contributed by atoms with Gasteiger partial charge >= 0.3 is 0 Å². The van der Waals surface area contributed by atoms with Crippen LogP contribution in [0.4, 0.5) is 4.79 Å². The van der Waals surface area contributed by atoms with Crippen LogP contribution in [0.5, 0.6) is 0 Å². The second-order valence-corrected chi connectivity index (χ2v) is 8.54. The lowest BCUT2D eigenvalue weighted by Gasteiger charge is -2.18. The number of thiophene rings is 1. The summed E-state index contributed by atoms with van der Waals surface area (Å²) >= 11 is 2.38. The Balaban J connectivity index is 1.52. The third-order valence-electron chi connectivity index (χ3n) is 4.32. The molecule has 156 valence electrons. The predicted molar refractivity (Wildman–Crippen MR) is 118 cm³/mol. The van der Waals surface area contributed by atoms with Gasteiger partial charge in [0.1, 0.15) is 0 Å². The van der Waals surface area contributed by atoms with E-state index in [1.165, 1.54) is 18.3 Å². The van der Waals surface area contributed by atoms with Crippen LogP contribution < -0.4 is 10.6 Å². The maximum atomic E-state index is 12.5. The molecule has 0 bridgehead atoms. The molecule has 7 nitrogen and oxygen atoms in total. The highest BCUT2D eigenvalue weighted by Crippen LogP contribution is 2.32. The van der Waals surface area contributed by atoms with Gasteiger partial charge in [0.2, 0.25) is 11.8 Å². The molecule has 0 saturated carbocycles. The molecule has 9 heteroatoms. The van der Waals surface area contributed by atoms with Crippen LogP contribution in [0.1, 0.15) is 29.8 Å². The Morgan fingerprint density at radius 3 is 2.57 bits per heavy atom. The average Bonchev–Trinajstić information content (AvgIpc) is 3.31. The van der Waals surface area contributed by atoms with Gasteiger partial charge in [0.15, 0.2) is 0 Å². The smallest absolute Gasteiger partial charge is 0.293 e. The Bertz CT molecular complexity index is 958. The molecule has 1 unspecified atom stereocenters. The fraction of sp³-hybridized carbons (Fsp3) is 0.238. The first-order valence-electron chi connectivity index (χ1n) is 9.31. The van der Waals surface area contributed by atoms with E-state index in [-0.39, 0.29) is 42.5 Å². The summed E-state index contributed by atoms with van der Waals surface area (Å²) < 4.78 is 0. The lowest BCUT2D eigenvalue weighted by atomic mass is 10.0. The van der Waals surface area contributed by atoms with Crippen LogP contribution in [-0.4, -0.2) is 41.0 Å². The molecule has 2 aromatic rings. The van der Waals surface area contributed by atoms with Crippen molar-refractivity contribution in [3.8, 4) is 0 Å². The molecule has 0 radical (unpaired) electrons. The largest absolute Gasteiger partial charge is 0.354 e. The summed E-state index contributed by atoms with van der Waals surface area (Å²) in [5, 5.41) is 7.04. The van der Waals surface area contributed by atoms with Crippen molar-refractivity contribution in [2.45, 2.75) is 19.4 Å². The summed E-state index contributed by atoms with van der Waals surface area (Å²) in [6, 6.07) is 12.5. The molecule has 0 aliphatic carbocycles. The lowest BCUT2D eigenvalue weighted by Crippen LogP contribution is -2.38. The summed E-state index contributed by atoms with van der Waals surface area (Å²) in [4.78, 5) is 50.9. The zero-order valence-corrected chi connectivity index (χ0v) is 17.9. The number of carbonyl (C=O) groups excluding carboxylic acids is 4. The molecule has 3 rings (SSSR count). The molecule has 2 N–H and O–H groups in total. The number of amides is 4. The molecular weight excluding hydrogens is 422 g/mol. The van der Waals surface area contributed by atoms with Crippen molar-refractivity contribution in [2.24, 2.45) is 0 Å². The first-order chi connectivity index (χ1) is 14.4. The van der Waals surface area contributed by atoms with E-state index in [0.717, 1.165) is 27.1 Å². The number of carbonyl (C=O) groups is 4. The van der Waals surface area contributed by atoms with Gasteiger partial charge < -0.3 is 10.6 Å². The molecule has 1 saturated heterocycles. The van der Waals surface area contributed by atoms with Gasteiger partial charge in [-0.05, 0) is 34.8 Å². The molecule has 30 heavy (non-hydrogen) atoms. The topological polar surface area (TPSA) is 95.6 Å². The minimum atomic E-state index is -0.449. The van der Waals surface area contributed by atoms with Gasteiger partial charge in [-0.15, -0.1) is 11.3 Å². The Morgan fingerprint density at radius 1 is 1.13 bits per heavy atom. The maximum Gasteiger partial charge on any atom is 0.293 e. The van der Waals surface area contributed by atoms with Crippen LogP contribution in [0.25, 0.3) is 6.08 Å². The van der Waals surface area contributed by atoms with E-state index in [9.17, 15) is 19.2 Å². The average molecular weight is 444 g/mol. The zero-order valence-electron chi connectivity index (χ0n) is 16.3. The SMILES string of the molecule is CC(=O)NC(CC(=O)NCCN1C(=O)S/C(=C\c2cccs2)C1=O)c1ccccc1. The van der Waals surface area contributed by atoms with E-state index in [0.29, 0.717) is 4.91 Å². The molecule has 4 amide bonds. The molecule has 0 spiro atoms. The third kappa shape index (κ3) is 5.80. The van der Waals surface area contributed by atoms with Gasteiger partial charge in [0.25, 0.3) is 11.1 Å². The second kappa shape index (κ2) is 10.2. The third-order valence-corrected chi connectivity index (χ3v) is 6.04. The summed E-state index contributed by atoms with van der Waals surface area (Å²) in [5.74, 6) is -0.862. The van der Waals surface area contributed by atoms with E-state index in [1.54, 1.807) is 6.08 Å². The van der Waals surface area contributed by atoms with E-state index in [4.69, 9.17) is 0 Å². The number of nitrogens with one attached hydrogen (secondary N) is 2. The number of benzene rings is 1. The highest BCUT2D eigenvalue weighted by Gasteiger charge is 2.34. The van der Waals surface area contributed by atoms with Crippen molar-refractivity contribution in [1.82, 2.24) is 15.5 Å². The Morgan fingerprint density at radius 2 is 1.90 bits per heavy atom. The van der Waals surface area contributed by atoms with Crippen molar-refractivity contribution in [3.05, 3.63) is 63.2 Å². The Hall–Kier alpha value is -2.91. The van der Waals surface area contributed by atoms with Crippen molar-refractivity contribution < 1.29 is 19.2 Å². The van der Waals surface area contributed by atoms with Crippen molar-refractivity contribution in [2.75, 3.05) is 13.1 Å². The predicted octanol–water partition coefficient (Wildman–Crippen LogP) is 3.17. The Labute approximate surface area is 182 Å². The molecule has 1 aliphatic rings. The number of hydrogen-bond acceptors (Lipinski definition) is 6. The van der Waals surface area contributed by atoms with Gasteiger partial charge in [0.05, 0.1) is 17.4 Å². The molecule has 1 aromatic carbocycles. The summed E-state index contributed by atoms with van der Waals surface area (Å²) in [7, 11) is 0. The van der Waals surface area contributed by atoms with Crippen molar-refractivity contribution in [1.29, 1.82) is 0 Å². The van der Waals surface area contributed by atoms with Crippen LogP contribution in [0.15, 0.2) is 52.7 Å². The lowest BCUT2D eigenvalue weighted by molar-refractivity contribution is -0.125. The van der Waals surface area contributed by atoms with Gasteiger partial charge in [-0.3, -0.25) is 24.1 Å². The summed E-state index contributed by atoms with van der Waals surface area (Å²) in [6.07, 6.45) is 1.76. The normalized spacial score (nSPS) is 16.0. The fourth-order valence-electron chi connectivity index (χ4n) is 2.94. The number of thioether (sulfide) groups is 1. The summed E-state index contributed by atoms with van der Waals surface area (Å²) in [6.45, 7) is 1.64. The van der Waals surface area contributed by atoms with Gasteiger partial charge in [-0.1, -0.05) is 36.4 Å². The maximum absolute atomic E-state index is 12.5.